The molecule has 0 unspecified atom stereocenters. The molecule has 0 spiro atoms. The number of benzene rings is 2. The second kappa shape index (κ2) is 12.7. The topological polar surface area (TPSA) is 12.4 Å². The quantitative estimate of drug-likeness (QED) is 0.261. The van der Waals surface area contributed by atoms with Crippen molar-refractivity contribution in [2.24, 2.45) is 4.99 Å². The van der Waals surface area contributed by atoms with Gasteiger partial charge >= 0.3 is 0 Å². The van der Waals surface area contributed by atoms with Crippen molar-refractivity contribution in [2.45, 2.75) is 53.4 Å². The van der Waals surface area contributed by atoms with E-state index in [-0.39, 0.29) is 12.0 Å². The Hall–Kier alpha value is -2.66. The van der Waals surface area contributed by atoms with Crippen LogP contribution in [0.2, 0.25) is 0 Å². The van der Waals surface area contributed by atoms with Crippen molar-refractivity contribution >= 4 is 28.2 Å². The van der Waals surface area contributed by atoms with Crippen LogP contribution in [0.1, 0.15) is 56.7 Å². The Labute approximate surface area is 209 Å². The van der Waals surface area contributed by atoms with Crippen molar-refractivity contribution in [3.63, 3.8) is 0 Å². The van der Waals surface area contributed by atoms with E-state index in [4.69, 9.17) is 0 Å². The zero-order valence-electron chi connectivity index (χ0n) is 20.2. The van der Waals surface area contributed by atoms with Crippen LogP contribution in [0.5, 0.6) is 0 Å². The first kappa shape index (κ1) is 27.6. The molecule has 1 aliphatic rings. The van der Waals surface area contributed by atoms with Crippen LogP contribution < -0.4 is 0 Å². The monoisotopic (exact) mass is 529 g/mol. The minimum atomic E-state index is -0.878. The number of hydrogen-bond acceptors (Lipinski definition) is 1. The van der Waals surface area contributed by atoms with E-state index in [1.165, 1.54) is 34.3 Å². The van der Waals surface area contributed by atoms with E-state index in [1.807, 2.05) is 6.92 Å². The molecular weight excluding hydrogens is 499 g/mol. The van der Waals surface area contributed by atoms with E-state index in [0.29, 0.717) is 12.1 Å². The fourth-order valence-electron chi connectivity index (χ4n) is 3.98. The maximum atomic E-state index is 12.6. The average molecular weight is 530 g/mol. The van der Waals surface area contributed by atoms with Gasteiger partial charge in [0.2, 0.25) is 0 Å². The molecule has 180 valence electrons. The molecule has 0 saturated heterocycles. The Kier molecular flexibility index (Phi) is 10.3. The lowest BCUT2D eigenvalue weighted by molar-refractivity contribution is 0.526. The van der Waals surface area contributed by atoms with Gasteiger partial charge in [-0.05, 0) is 105 Å². The Morgan fingerprint density at radius 2 is 1.76 bits per heavy atom. The molecule has 0 amide bonds. The highest BCUT2D eigenvalue weighted by molar-refractivity contribution is 9.10. The van der Waals surface area contributed by atoms with Crippen molar-refractivity contribution in [3.05, 3.63) is 110 Å². The van der Waals surface area contributed by atoms with Crippen LogP contribution in [0.4, 0.5) is 13.2 Å². The molecule has 0 aliphatic heterocycles. The van der Waals surface area contributed by atoms with Crippen LogP contribution in [-0.4, -0.2) is 6.72 Å². The van der Waals surface area contributed by atoms with Crippen LogP contribution >= 0.6 is 15.9 Å². The van der Waals surface area contributed by atoms with Crippen molar-refractivity contribution < 1.29 is 13.2 Å². The van der Waals surface area contributed by atoms with Gasteiger partial charge in [-0.3, -0.25) is 4.99 Å². The SMILES string of the molecule is C=N/C(=C\C(=C/C)C1=C(c2cc(Br)ccc2C)CCC1)C(=C)C.CCc1c(F)cc(F)cc1F. The fraction of sp³-hybridized carbons (Fsp3) is 0.276. The molecule has 0 heterocycles. The molecule has 1 aliphatic carbocycles. The van der Waals surface area contributed by atoms with Crippen LogP contribution in [0.25, 0.3) is 5.57 Å². The molecule has 0 fully saturated rings. The van der Waals surface area contributed by atoms with Gasteiger partial charge in [0.15, 0.2) is 0 Å². The largest absolute Gasteiger partial charge is 0.264 e. The Morgan fingerprint density at radius 1 is 1.12 bits per heavy atom. The number of hydrogen-bond donors (Lipinski definition) is 0. The predicted octanol–water partition coefficient (Wildman–Crippen LogP) is 9.47. The summed E-state index contributed by atoms with van der Waals surface area (Å²) in [5, 5.41) is 0. The molecule has 2 aromatic rings. The predicted molar refractivity (Wildman–Crippen MR) is 142 cm³/mol. The smallest absolute Gasteiger partial charge is 0.132 e. The maximum Gasteiger partial charge on any atom is 0.132 e. The van der Waals surface area contributed by atoms with Crippen molar-refractivity contribution in [1.29, 1.82) is 0 Å². The van der Waals surface area contributed by atoms with E-state index in [0.717, 1.165) is 28.6 Å². The summed E-state index contributed by atoms with van der Waals surface area (Å²) < 4.78 is 38.7. The third-order valence-corrected chi connectivity index (χ3v) is 6.25. The van der Waals surface area contributed by atoms with E-state index < -0.39 is 17.5 Å². The Bertz CT molecular complexity index is 1150. The van der Waals surface area contributed by atoms with Gasteiger partial charge in [0.1, 0.15) is 17.5 Å². The zero-order valence-corrected chi connectivity index (χ0v) is 21.8. The summed E-state index contributed by atoms with van der Waals surface area (Å²) in [6.07, 6.45) is 7.95. The average Bonchev–Trinajstić information content (AvgIpc) is 3.25. The molecule has 34 heavy (non-hydrogen) atoms. The summed E-state index contributed by atoms with van der Waals surface area (Å²) >= 11 is 3.60. The lowest BCUT2D eigenvalue weighted by Gasteiger charge is -2.13. The minimum Gasteiger partial charge on any atom is -0.264 e. The zero-order chi connectivity index (χ0) is 25.4. The summed E-state index contributed by atoms with van der Waals surface area (Å²) in [6.45, 7) is 15.5. The summed E-state index contributed by atoms with van der Waals surface area (Å²) in [5.41, 5.74) is 8.54. The molecule has 0 N–H and O–H groups in total. The van der Waals surface area contributed by atoms with Crippen molar-refractivity contribution in [1.82, 2.24) is 0 Å². The third kappa shape index (κ3) is 6.92. The van der Waals surface area contributed by atoms with Crippen LogP contribution in [-0.2, 0) is 6.42 Å². The highest BCUT2D eigenvalue weighted by atomic mass is 79.9. The van der Waals surface area contributed by atoms with Gasteiger partial charge < -0.3 is 0 Å². The lowest BCUT2D eigenvalue weighted by atomic mass is 9.93. The molecule has 0 aromatic heterocycles. The fourth-order valence-corrected chi connectivity index (χ4v) is 4.35. The van der Waals surface area contributed by atoms with Gasteiger partial charge in [0.25, 0.3) is 0 Å². The Morgan fingerprint density at radius 3 is 2.29 bits per heavy atom. The number of rotatable bonds is 6. The van der Waals surface area contributed by atoms with Gasteiger partial charge in [-0.2, -0.15) is 0 Å². The summed E-state index contributed by atoms with van der Waals surface area (Å²) in [4.78, 5) is 4.12. The second-order valence-corrected chi connectivity index (χ2v) is 9.10. The lowest BCUT2D eigenvalue weighted by Crippen LogP contribution is -1.94. The highest BCUT2D eigenvalue weighted by Gasteiger charge is 2.20. The minimum absolute atomic E-state index is 0.0635. The normalized spacial score (nSPS) is 14.1. The van der Waals surface area contributed by atoms with E-state index in [2.05, 4.69) is 78.4 Å². The van der Waals surface area contributed by atoms with Crippen LogP contribution in [0.3, 0.4) is 0 Å². The van der Waals surface area contributed by atoms with Gasteiger partial charge in [0.05, 0.1) is 5.70 Å². The van der Waals surface area contributed by atoms with E-state index >= 15 is 0 Å². The molecule has 0 saturated carbocycles. The molecule has 0 atom stereocenters. The molecule has 1 nitrogen and oxygen atoms in total. The molecular formula is C29H31BrF3N. The molecule has 0 radical (unpaired) electrons. The summed E-state index contributed by atoms with van der Waals surface area (Å²) in [7, 11) is 0. The third-order valence-electron chi connectivity index (χ3n) is 5.76. The van der Waals surface area contributed by atoms with Crippen molar-refractivity contribution in [2.75, 3.05) is 0 Å². The first-order chi connectivity index (χ1) is 16.1. The van der Waals surface area contributed by atoms with Gasteiger partial charge in [-0.1, -0.05) is 41.6 Å². The molecule has 0 bridgehead atoms. The summed E-state index contributed by atoms with van der Waals surface area (Å²) in [6, 6.07) is 7.88. The number of allylic oxidation sites excluding steroid dienone is 6. The van der Waals surface area contributed by atoms with Crippen LogP contribution in [0.15, 0.2) is 80.9 Å². The molecule has 2 aromatic carbocycles. The van der Waals surface area contributed by atoms with E-state index in [1.54, 1.807) is 6.92 Å². The standard InChI is InChI=1S/C21H24BrN.C8H7F3/c1-6-16(12-21(23-5)14(2)3)18-8-7-9-19(18)20-13-17(22)11-10-15(20)4;1-2-6-7(10)3-5(9)4-8(6)11/h6,10-13H,2,5,7-9H2,1,3-4H3;3-4H,2H2,1H3/b16-6+,21-12-;. The highest BCUT2D eigenvalue weighted by Crippen LogP contribution is 2.40. The molecule has 3 rings (SSSR count). The van der Waals surface area contributed by atoms with Gasteiger partial charge in [0, 0.05) is 22.2 Å². The first-order valence-corrected chi connectivity index (χ1v) is 12.0. The number of aryl methyl sites for hydroxylation is 1. The van der Waals surface area contributed by atoms with Crippen LogP contribution in [0, 0.1) is 24.4 Å². The van der Waals surface area contributed by atoms with Crippen molar-refractivity contribution in [3.8, 4) is 0 Å². The Balaban J connectivity index is 0.000000310. The number of halogens is 4. The maximum absolute atomic E-state index is 12.6. The first-order valence-electron chi connectivity index (χ1n) is 11.3. The van der Waals surface area contributed by atoms with E-state index in [9.17, 15) is 13.2 Å². The van der Waals surface area contributed by atoms with Gasteiger partial charge in [-0.25, -0.2) is 13.2 Å². The number of aliphatic imine (C=N–C) groups is 1. The van der Waals surface area contributed by atoms with Gasteiger partial charge in [-0.15, -0.1) is 0 Å². The second-order valence-electron chi connectivity index (χ2n) is 8.18. The summed E-state index contributed by atoms with van der Waals surface area (Å²) in [5.74, 6) is -2.51. The number of nitrogens with zero attached hydrogens (tertiary/aromatic N) is 1. The molecule has 5 heteroatoms.